The Morgan fingerprint density at radius 1 is 1.30 bits per heavy atom. The molecule has 1 aromatic heterocycles. The van der Waals surface area contributed by atoms with Crippen LogP contribution in [0.5, 0.6) is 0 Å². The van der Waals surface area contributed by atoms with E-state index >= 15 is 0 Å². The summed E-state index contributed by atoms with van der Waals surface area (Å²) in [7, 11) is 1.74. The van der Waals surface area contributed by atoms with E-state index in [9.17, 15) is 10.1 Å². The van der Waals surface area contributed by atoms with Crippen LogP contribution in [0.2, 0.25) is 0 Å². The molecule has 0 aliphatic carbocycles. The first-order valence-corrected chi connectivity index (χ1v) is 10.7. The van der Waals surface area contributed by atoms with Gasteiger partial charge in [-0.3, -0.25) is 4.79 Å². The van der Waals surface area contributed by atoms with Crippen LogP contribution in [0, 0.1) is 25.2 Å². The topological polar surface area (TPSA) is 58.3 Å². The van der Waals surface area contributed by atoms with Crippen LogP contribution >= 0.6 is 0 Å². The van der Waals surface area contributed by atoms with E-state index in [2.05, 4.69) is 36.6 Å². The van der Waals surface area contributed by atoms with Gasteiger partial charge in [-0.25, -0.2) is 0 Å². The predicted molar refractivity (Wildman–Crippen MR) is 119 cm³/mol. The lowest BCUT2D eigenvalue weighted by molar-refractivity contribution is -0.125. The Balaban J connectivity index is 1.75. The molecule has 0 saturated carbocycles. The molecule has 2 aromatic rings. The van der Waals surface area contributed by atoms with Gasteiger partial charge in [-0.15, -0.1) is 0 Å². The maximum absolute atomic E-state index is 12.9. The lowest BCUT2D eigenvalue weighted by Crippen LogP contribution is -2.27. The minimum atomic E-state index is -0.263. The minimum Gasteiger partial charge on any atom is -0.376 e. The normalized spacial score (nSPS) is 16.5. The number of rotatable bonds is 7. The Kier molecular flexibility index (Phi) is 7.12. The summed E-state index contributed by atoms with van der Waals surface area (Å²) in [5.41, 5.74) is 5.56. The molecule has 1 fully saturated rings. The van der Waals surface area contributed by atoms with Crippen LogP contribution in [-0.2, 0) is 29.0 Å². The lowest BCUT2D eigenvalue weighted by atomic mass is 10.1. The zero-order chi connectivity index (χ0) is 21.7. The van der Waals surface area contributed by atoms with Crippen LogP contribution < -0.4 is 0 Å². The molecule has 0 N–H and O–H groups in total. The third-order valence-corrected chi connectivity index (χ3v) is 5.87. The van der Waals surface area contributed by atoms with Crippen molar-refractivity contribution in [3.63, 3.8) is 0 Å². The van der Waals surface area contributed by atoms with E-state index < -0.39 is 0 Å². The average Bonchev–Trinajstić information content (AvgIpc) is 3.36. The molecular weight excluding hydrogens is 374 g/mol. The van der Waals surface area contributed by atoms with Gasteiger partial charge in [0.15, 0.2) is 0 Å². The summed E-state index contributed by atoms with van der Waals surface area (Å²) >= 11 is 0. The highest BCUT2D eigenvalue weighted by molar-refractivity contribution is 6.01. The third-order valence-electron chi connectivity index (χ3n) is 5.87. The van der Waals surface area contributed by atoms with Crippen molar-refractivity contribution in [2.75, 3.05) is 13.7 Å². The van der Waals surface area contributed by atoms with Crippen LogP contribution in [0.15, 0.2) is 35.9 Å². The largest absolute Gasteiger partial charge is 0.376 e. The standard InChI is InChI=1S/C25H31N3O2/c1-5-20-8-10-21(11-9-20)16-27(4)25(29)23(15-26)14-22-13-18(2)28(19(22)3)17-24-7-6-12-30-24/h8-11,13-14,24H,5-7,12,16-17H2,1-4H3/b23-14+. The van der Waals surface area contributed by atoms with Crippen molar-refractivity contribution in [2.24, 2.45) is 0 Å². The number of carbonyl (C=O) groups is 1. The van der Waals surface area contributed by atoms with Crippen molar-refractivity contribution in [2.45, 2.75) is 59.2 Å². The van der Waals surface area contributed by atoms with Crippen molar-refractivity contribution < 1.29 is 9.53 Å². The van der Waals surface area contributed by atoms with Gasteiger partial charge in [-0.05, 0) is 61.9 Å². The van der Waals surface area contributed by atoms with Crippen molar-refractivity contribution in [3.8, 4) is 6.07 Å². The second-order valence-corrected chi connectivity index (χ2v) is 8.07. The van der Waals surface area contributed by atoms with Gasteiger partial charge in [-0.1, -0.05) is 31.2 Å². The Morgan fingerprint density at radius 2 is 2.00 bits per heavy atom. The maximum Gasteiger partial charge on any atom is 0.264 e. The molecular formula is C25H31N3O2. The van der Waals surface area contributed by atoms with Crippen LogP contribution in [0.4, 0.5) is 0 Å². The summed E-state index contributed by atoms with van der Waals surface area (Å²) in [5.74, 6) is -0.263. The molecule has 5 nitrogen and oxygen atoms in total. The summed E-state index contributed by atoms with van der Waals surface area (Å²) < 4.78 is 7.99. The lowest BCUT2D eigenvalue weighted by Gasteiger charge is -2.17. The number of amides is 1. The number of ether oxygens (including phenoxy) is 1. The van der Waals surface area contributed by atoms with Crippen molar-refractivity contribution in [1.82, 2.24) is 9.47 Å². The van der Waals surface area contributed by atoms with Gasteiger partial charge in [-0.2, -0.15) is 5.26 Å². The average molecular weight is 406 g/mol. The number of nitriles is 1. The van der Waals surface area contributed by atoms with Gasteiger partial charge in [0.05, 0.1) is 6.10 Å². The van der Waals surface area contributed by atoms with Crippen molar-refractivity contribution in [1.29, 1.82) is 5.26 Å². The number of likely N-dealkylation sites (N-methyl/N-ethyl adjacent to an activating group) is 1. The molecule has 158 valence electrons. The molecule has 0 spiro atoms. The molecule has 5 heteroatoms. The van der Waals surface area contributed by atoms with Gasteiger partial charge < -0.3 is 14.2 Å². The molecule has 3 rings (SSSR count). The smallest absolute Gasteiger partial charge is 0.264 e. The summed E-state index contributed by atoms with van der Waals surface area (Å²) in [6.07, 6.45) is 5.13. The van der Waals surface area contributed by atoms with Gasteiger partial charge >= 0.3 is 0 Å². The first kappa shape index (κ1) is 21.9. The molecule has 1 unspecified atom stereocenters. The number of benzene rings is 1. The molecule has 0 bridgehead atoms. The molecule has 1 aliphatic rings. The Hall–Kier alpha value is -2.84. The molecule has 2 heterocycles. The molecule has 1 aromatic carbocycles. The number of hydrogen-bond acceptors (Lipinski definition) is 3. The fourth-order valence-electron chi connectivity index (χ4n) is 3.98. The summed E-state index contributed by atoms with van der Waals surface area (Å²) in [4.78, 5) is 14.5. The fraction of sp³-hybridized carbons (Fsp3) is 0.440. The van der Waals surface area contributed by atoms with Crippen molar-refractivity contribution >= 4 is 12.0 Å². The van der Waals surface area contributed by atoms with Crippen molar-refractivity contribution in [3.05, 3.63) is 64.0 Å². The SMILES string of the molecule is CCc1ccc(CN(C)C(=O)/C(C#N)=C/c2cc(C)n(CC3CCCO3)c2C)cc1. The maximum atomic E-state index is 12.9. The molecule has 30 heavy (non-hydrogen) atoms. The van der Waals surface area contributed by atoms with Gasteiger partial charge in [0.1, 0.15) is 11.6 Å². The molecule has 1 amide bonds. The number of nitrogens with zero attached hydrogens (tertiary/aromatic N) is 3. The number of carbonyl (C=O) groups excluding carboxylic acids is 1. The van der Waals surface area contributed by atoms with Crippen LogP contribution in [-0.4, -0.2) is 35.1 Å². The third kappa shape index (κ3) is 5.01. The second-order valence-electron chi connectivity index (χ2n) is 8.07. The van der Waals surface area contributed by atoms with E-state index in [1.807, 2.05) is 25.1 Å². The van der Waals surface area contributed by atoms with E-state index in [1.54, 1.807) is 18.0 Å². The number of hydrogen-bond donors (Lipinski definition) is 0. The zero-order valence-corrected chi connectivity index (χ0v) is 18.4. The minimum absolute atomic E-state index is 0.153. The van der Waals surface area contributed by atoms with E-state index in [1.165, 1.54) is 5.56 Å². The first-order chi connectivity index (χ1) is 14.4. The van der Waals surface area contributed by atoms with E-state index in [-0.39, 0.29) is 17.6 Å². The van der Waals surface area contributed by atoms with Gasteiger partial charge in [0.25, 0.3) is 5.91 Å². The van der Waals surface area contributed by atoms with E-state index in [0.717, 1.165) is 54.9 Å². The second kappa shape index (κ2) is 9.77. The Bertz CT molecular complexity index is 958. The predicted octanol–water partition coefficient (Wildman–Crippen LogP) is 4.41. The zero-order valence-electron chi connectivity index (χ0n) is 18.4. The summed E-state index contributed by atoms with van der Waals surface area (Å²) in [6, 6.07) is 12.4. The first-order valence-electron chi connectivity index (χ1n) is 10.7. The summed E-state index contributed by atoms with van der Waals surface area (Å²) in [6.45, 7) is 8.32. The molecule has 1 aliphatic heterocycles. The molecule has 0 radical (unpaired) electrons. The van der Waals surface area contributed by atoms with Crippen LogP contribution in [0.3, 0.4) is 0 Å². The van der Waals surface area contributed by atoms with Gasteiger partial charge in [0, 0.05) is 38.1 Å². The molecule has 1 saturated heterocycles. The highest BCUT2D eigenvalue weighted by atomic mass is 16.5. The summed E-state index contributed by atoms with van der Waals surface area (Å²) in [5, 5.41) is 9.65. The Labute approximate surface area is 179 Å². The molecule has 1 atom stereocenters. The highest BCUT2D eigenvalue weighted by Gasteiger charge is 2.20. The fourth-order valence-corrected chi connectivity index (χ4v) is 3.98. The quantitative estimate of drug-likeness (QED) is 0.506. The van der Waals surface area contributed by atoms with E-state index in [0.29, 0.717) is 6.54 Å². The Morgan fingerprint density at radius 3 is 2.60 bits per heavy atom. The highest BCUT2D eigenvalue weighted by Crippen LogP contribution is 2.22. The van der Waals surface area contributed by atoms with Crippen LogP contribution in [0.1, 0.15) is 47.8 Å². The van der Waals surface area contributed by atoms with Crippen LogP contribution in [0.25, 0.3) is 6.08 Å². The van der Waals surface area contributed by atoms with E-state index in [4.69, 9.17) is 4.74 Å². The van der Waals surface area contributed by atoms with Gasteiger partial charge in [0.2, 0.25) is 0 Å². The monoisotopic (exact) mass is 405 g/mol. The number of aromatic nitrogens is 1. The number of aryl methyl sites for hydroxylation is 2.